The predicted octanol–water partition coefficient (Wildman–Crippen LogP) is 1.94. The van der Waals surface area contributed by atoms with Gasteiger partial charge in [-0.05, 0) is 20.8 Å². The van der Waals surface area contributed by atoms with Crippen LogP contribution >= 0.6 is 0 Å². The van der Waals surface area contributed by atoms with Crippen LogP contribution in [0.4, 0.5) is 0 Å². The van der Waals surface area contributed by atoms with Gasteiger partial charge in [0.15, 0.2) is 0 Å². The molecule has 6 nitrogen and oxygen atoms in total. The van der Waals surface area contributed by atoms with Gasteiger partial charge < -0.3 is 0 Å². The molecule has 0 spiro atoms. The van der Waals surface area contributed by atoms with Crippen molar-refractivity contribution in [3.8, 4) is 11.3 Å². The molecule has 2 aromatic rings. The van der Waals surface area contributed by atoms with Crippen LogP contribution in [-0.2, 0) is 7.05 Å². The summed E-state index contributed by atoms with van der Waals surface area (Å²) < 4.78 is 3.56. The summed E-state index contributed by atoms with van der Waals surface area (Å²) in [5, 5.41) is 12.6. The smallest absolute Gasteiger partial charge is 0.116 e. The van der Waals surface area contributed by atoms with Crippen LogP contribution in [0.2, 0.25) is 0 Å². The van der Waals surface area contributed by atoms with Crippen molar-refractivity contribution in [2.24, 2.45) is 12.0 Å². The number of allylic oxidation sites excluding steroid dienone is 2. The predicted molar refractivity (Wildman–Crippen MR) is 75.9 cm³/mol. The molecule has 0 atom stereocenters. The normalized spacial score (nSPS) is 13.1. The molecule has 0 aliphatic carbocycles. The first-order valence-electron chi connectivity index (χ1n) is 6.10. The molecule has 0 unspecified atom stereocenters. The van der Waals surface area contributed by atoms with Gasteiger partial charge in [0.25, 0.3) is 0 Å². The van der Waals surface area contributed by atoms with E-state index in [0.29, 0.717) is 0 Å². The third kappa shape index (κ3) is 2.33. The van der Waals surface area contributed by atoms with Gasteiger partial charge in [-0.2, -0.15) is 5.10 Å². The van der Waals surface area contributed by atoms with Crippen molar-refractivity contribution >= 4 is 11.4 Å². The topological polar surface area (TPSA) is 60.9 Å². The fraction of sp³-hybridized carbons (Fsp3) is 0.385. The average molecular weight is 258 g/mol. The van der Waals surface area contributed by atoms with E-state index >= 15 is 0 Å². The lowest BCUT2D eigenvalue weighted by molar-refractivity contribution is 0.740. The maximum atomic E-state index is 4.22. The van der Waals surface area contributed by atoms with Gasteiger partial charge in [0, 0.05) is 25.4 Å². The van der Waals surface area contributed by atoms with Crippen molar-refractivity contribution in [3.05, 3.63) is 24.2 Å². The molecular formula is C13H18N6. The van der Waals surface area contributed by atoms with Gasteiger partial charge in [0.05, 0.1) is 23.8 Å². The Morgan fingerprint density at radius 2 is 2.16 bits per heavy atom. The van der Waals surface area contributed by atoms with Gasteiger partial charge in [0.2, 0.25) is 0 Å². The summed E-state index contributed by atoms with van der Waals surface area (Å²) in [5.74, 6) is 0. The monoisotopic (exact) mass is 258 g/mol. The fourth-order valence-electron chi connectivity index (χ4n) is 1.88. The molecule has 0 aliphatic rings. The summed E-state index contributed by atoms with van der Waals surface area (Å²) in [7, 11) is 3.68. The molecule has 6 heteroatoms. The largest absolute Gasteiger partial charge is 0.291 e. The van der Waals surface area contributed by atoms with Crippen molar-refractivity contribution in [3.63, 3.8) is 0 Å². The van der Waals surface area contributed by atoms with Gasteiger partial charge in [-0.3, -0.25) is 9.67 Å². The highest BCUT2D eigenvalue weighted by Crippen LogP contribution is 2.20. The van der Waals surface area contributed by atoms with Gasteiger partial charge in [-0.25, -0.2) is 4.68 Å². The minimum absolute atomic E-state index is 0.814. The number of nitrogens with zero attached hydrogens (tertiary/aromatic N) is 6. The molecule has 0 saturated carbocycles. The van der Waals surface area contributed by atoms with E-state index in [1.807, 2.05) is 44.8 Å². The zero-order chi connectivity index (χ0) is 14.0. The van der Waals surface area contributed by atoms with Gasteiger partial charge in [-0.15, -0.1) is 5.10 Å². The average Bonchev–Trinajstić information content (AvgIpc) is 2.99. The number of hydrogen-bond acceptors (Lipinski definition) is 4. The molecule has 0 fully saturated rings. The highest BCUT2D eigenvalue weighted by molar-refractivity contribution is 6.16. The Labute approximate surface area is 112 Å². The van der Waals surface area contributed by atoms with Crippen LogP contribution in [0.15, 0.2) is 23.5 Å². The summed E-state index contributed by atoms with van der Waals surface area (Å²) in [4.78, 5) is 4.18. The second-order valence-corrected chi connectivity index (χ2v) is 4.30. The third-order valence-electron chi connectivity index (χ3n) is 3.23. The molecular weight excluding hydrogens is 240 g/mol. The summed E-state index contributed by atoms with van der Waals surface area (Å²) in [6, 6.07) is 0. The van der Waals surface area contributed by atoms with Crippen LogP contribution in [-0.4, -0.2) is 37.5 Å². The second kappa shape index (κ2) is 5.17. The zero-order valence-corrected chi connectivity index (χ0v) is 11.9. The molecule has 0 aromatic carbocycles. The zero-order valence-electron chi connectivity index (χ0n) is 11.9. The Bertz CT molecular complexity index is 644. The maximum Gasteiger partial charge on any atom is 0.116 e. The van der Waals surface area contributed by atoms with Crippen molar-refractivity contribution in [1.29, 1.82) is 0 Å². The van der Waals surface area contributed by atoms with Gasteiger partial charge in [0.1, 0.15) is 5.69 Å². The Kier molecular flexibility index (Phi) is 3.59. The van der Waals surface area contributed by atoms with Crippen molar-refractivity contribution < 1.29 is 0 Å². The van der Waals surface area contributed by atoms with Gasteiger partial charge >= 0.3 is 0 Å². The van der Waals surface area contributed by atoms with Crippen LogP contribution in [0.1, 0.15) is 19.5 Å². The number of rotatable bonds is 3. The number of aliphatic imine (C=N–C) groups is 1. The Hall–Kier alpha value is -2.24. The molecule has 0 radical (unpaired) electrons. The Morgan fingerprint density at radius 1 is 1.42 bits per heavy atom. The summed E-state index contributed by atoms with van der Waals surface area (Å²) in [6.45, 7) is 5.92. The van der Waals surface area contributed by atoms with Crippen LogP contribution in [0.5, 0.6) is 0 Å². The third-order valence-corrected chi connectivity index (χ3v) is 3.23. The first-order valence-corrected chi connectivity index (χ1v) is 6.10. The molecule has 2 rings (SSSR count). The highest BCUT2D eigenvalue weighted by atomic mass is 15.4. The number of hydrogen-bond donors (Lipinski definition) is 0. The Balaban J connectivity index is 2.42. The van der Waals surface area contributed by atoms with E-state index in [2.05, 4.69) is 20.4 Å². The lowest BCUT2D eigenvalue weighted by Crippen LogP contribution is -2.06. The molecule has 0 amide bonds. The van der Waals surface area contributed by atoms with E-state index in [-0.39, 0.29) is 0 Å². The minimum Gasteiger partial charge on any atom is -0.291 e. The molecule has 2 aromatic heterocycles. The standard InChI is InChI=1S/C13H18N6/c1-6-13(9(2)14-4)19-8-12(16-17-19)11-7-15-18(5)10(11)3/h6-8H,1-5H3. The number of aryl methyl sites for hydroxylation is 1. The van der Waals surface area contributed by atoms with E-state index in [9.17, 15) is 0 Å². The van der Waals surface area contributed by atoms with Crippen molar-refractivity contribution in [1.82, 2.24) is 24.8 Å². The summed E-state index contributed by atoms with van der Waals surface area (Å²) in [6.07, 6.45) is 5.67. The molecule has 0 aliphatic heterocycles. The van der Waals surface area contributed by atoms with Crippen molar-refractivity contribution in [2.45, 2.75) is 20.8 Å². The van der Waals surface area contributed by atoms with E-state index in [0.717, 1.165) is 28.4 Å². The number of aromatic nitrogens is 5. The lowest BCUT2D eigenvalue weighted by Gasteiger charge is -2.04. The van der Waals surface area contributed by atoms with Gasteiger partial charge in [-0.1, -0.05) is 11.3 Å². The first-order chi connectivity index (χ1) is 9.08. The van der Waals surface area contributed by atoms with E-state index in [1.54, 1.807) is 17.9 Å². The molecule has 100 valence electrons. The molecule has 0 bridgehead atoms. The van der Waals surface area contributed by atoms with Crippen LogP contribution in [0, 0.1) is 6.92 Å². The SMILES string of the molecule is CC=C(C(C)=NC)n1cc(-c2cnn(C)c2C)nn1. The molecule has 0 saturated heterocycles. The van der Waals surface area contributed by atoms with E-state index < -0.39 is 0 Å². The van der Waals surface area contributed by atoms with Crippen LogP contribution in [0.25, 0.3) is 17.0 Å². The van der Waals surface area contributed by atoms with Crippen molar-refractivity contribution in [2.75, 3.05) is 7.05 Å². The quantitative estimate of drug-likeness (QED) is 0.790. The highest BCUT2D eigenvalue weighted by Gasteiger charge is 2.12. The lowest BCUT2D eigenvalue weighted by atomic mass is 10.2. The summed E-state index contributed by atoms with van der Waals surface area (Å²) in [5.41, 5.74) is 4.73. The van der Waals surface area contributed by atoms with Crippen LogP contribution in [0.3, 0.4) is 0 Å². The molecule has 0 N–H and O–H groups in total. The second-order valence-electron chi connectivity index (χ2n) is 4.30. The van der Waals surface area contributed by atoms with E-state index in [1.165, 1.54) is 0 Å². The van der Waals surface area contributed by atoms with E-state index in [4.69, 9.17) is 0 Å². The molecule has 19 heavy (non-hydrogen) atoms. The fourth-order valence-corrected chi connectivity index (χ4v) is 1.88. The molecule has 2 heterocycles. The van der Waals surface area contributed by atoms with Crippen LogP contribution < -0.4 is 0 Å². The minimum atomic E-state index is 0.814. The summed E-state index contributed by atoms with van der Waals surface area (Å²) >= 11 is 0. The maximum absolute atomic E-state index is 4.22. The Morgan fingerprint density at radius 3 is 2.68 bits per heavy atom. The first kappa shape index (κ1) is 13.2.